The lowest BCUT2D eigenvalue weighted by Crippen LogP contribution is -2.47. The van der Waals surface area contributed by atoms with E-state index in [1.807, 2.05) is 24.3 Å². The molecule has 0 saturated carbocycles. The van der Waals surface area contributed by atoms with Crippen molar-refractivity contribution in [1.82, 2.24) is 5.32 Å². The van der Waals surface area contributed by atoms with Crippen LogP contribution in [0, 0.1) is 5.82 Å². The first-order chi connectivity index (χ1) is 15.7. The molecule has 3 aromatic rings. The molecule has 0 aromatic heterocycles. The van der Waals surface area contributed by atoms with Crippen LogP contribution in [-0.2, 0) is 16.1 Å². The highest BCUT2D eigenvalue weighted by Gasteiger charge is 2.31. The van der Waals surface area contributed by atoms with Crippen LogP contribution in [0.25, 0.3) is 10.8 Å². The number of ether oxygens (including phenoxy) is 1. The minimum atomic E-state index is -4.85. The Morgan fingerprint density at radius 2 is 1.67 bits per heavy atom. The van der Waals surface area contributed by atoms with Crippen molar-refractivity contribution in [2.75, 3.05) is 10.6 Å². The fraction of sp³-hybridized carbons (Fsp3) is 0.217. The molecule has 0 aliphatic carbocycles. The lowest BCUT2D eigenvalue weighted by molar-refractivity contribution is -0.274. The molecule has 172 valence electrons. The average Bonchev–Trinajstić information content (AvgIpc) is 2.75. The fourth-order valence-electron chi connectivity index (χ4n) is 3.56. The molecular weight excluding hydrogens is 442 g/mol. The zero-order valence-electron chi connectivity index (χ0n) is 17.1. The Hall–Kier alpha value is -3.82. The molecular formula is C23H19F4N3O3. The largest absolute Gasteiger partial charge is 0.573 e. The number of halogens is 4. The van der Waals surface area contributed by atoms with Crippen LogP contribution in [-0.4, -0.2) is 24.2 Å². The zero-order valence-corrected chi connectivity index (χ0v) is 17.1. The van der Waals surface area contributed by atoms with E-state index < -0.39 is 24.0 Å². The number of imide groups is 1. The molecule has 3 aromatic carbocycles. The monoisotopic (exact) mass is 461 g/mol. The van der Waals surface area contributed by atoms with Gasteiger partial charge in [-0.15, -0.1) is 13.2 Å². The molecule has 0 unspecified atom stereocenters. The number of rotatable bonds is 6. The molecule has 6 nitrogen and oxygen atoms in total. The summed E-state index contributed by atoms with van der Waals surface area (Å²) in [5.41, 5.74) is 1.40. The first kappa shape index (κ1) is 22.4. The van der Waals surface area contributed by atoms with Crippen LogP contribution < -0.4 is 20.7 Å². The summed E-state index contributed by atoms with van der Waals surface area (Å²) in [6, 6.07) is 13.3. The summed E-state index contributed by atoms with van der Waals surface area (Å²) in [6.07, 6.45) is -4.16. The number of hydrogen-bond donors (Lipinski definition) is 3. The molecule has 1 atom stereocenters. The SMILES string of the molecule is O=C1CC[C@H](Nc2ccc3cc(NCc4cc(OC(F)(F)F)ccc4F)ccc3c2)C(=O)N1. The number of nitrogens with one attached hydrogen (secondary N) is 3. The van der Waals surface area contributed by atoms with Crippen LogP contribution in [0.1, 0.15) is 18.4 Å². The predicted octanol–water partition coefficient (Wildman–Crippen LogP) is 4.71. The maximum absolute atomic E-state index is 14.0. The highest BCUT2D eigenvalue weighted by molar-refractivity contribution is 6.01. The predicted molar refractivity (Wildman–Crippen MR) is 114 cm³/mol. The van der Waals surface area contributed by atoms with Gasteiger partial charge in [0.2, 0.25) is 11.8 Å². The van der Waals surface area contributed by atoms with Crippen molar-refractivity contribution in [1.29, 1.82) is 0 Å². The van der Waals surface area contributed by atoms with E-state index in [-0.39, 0.29) is 30.3 Å². The molecule has 2 amide bonds. The van der Waals surface area contributed by atoms with E-state index in [9.17, 15) is 27.2 Å². The topological polar surface area (TPSA) is 79.5 Å². The summed E-state index contributed by atoms with van der Waals surface area (Å²) in [6.45, 7) is -0.0401. The summed E-state index contributed by atoms with van der Waals surface area (Å²) >= 11 is 0. The van der Waals surface area contributed by atoms with Crippen molar-refractivity contribution in [2.45, 2.75) is 31.8 Å². The van der Waals surface area contributed by atoms with Gasteiger partial charge in [-0.1, -0.05) is 12.1 Å². The smallest absolute Gasteiger partial charge is 0.406 e. The number of alkyl halides is 3. The third-order valence-corrected chi connectivity index (χ3v) is 5.15. The van der Waals surface area contributed by atoms with Gasteiger partial charge >= 0.3 is 6.36 Å². The van der Waals surface area contributed by atoms with E-state index in [2.05, 4.69) is 20.7 Å². The normalized spacial score (nSPS) is 16.4. The molecule has 0 spiro atoms. The quantitative estimate of drug-likeness (QED) is 0.366. The van der Waals surface area contributed by atoms with E-state index in [4.69, 9.17) is 0 Å². The van der Waals surface area contributed by atoms with Crippen molar-refractivity contribution in [3.63, 3.8) is 0 Å². The number of carbonyl (C=O) groups is 2. The molecule has 1 saturated heterocycles. The molecule has 1 fully saturated rings. The van der Waals surface area contributed by atoms with Gasteiger partial charge in [0.05, 0.1) is 0 Å². The van der Waals surface area contributed by atoms with Gasteiger partial charge in [0.15, 0.2) is 0 Å². The first-order valence-electron chi connectivity index (χ1n) is 10.1. The molecule has 0 bridgehead atoms. The fourth-order valence-corrected chi connectivity index (χ4v) is 3.56. The molecule has 10 heteroatoms. The lowest BCUT2D eigenvalue weighted by Gasteiger charge is -2.23. The number of amides is 2. The Morgan fingerprint density at radius 1 is 0.970 bits per heavy atom. The van der Waals surface area contributed by atoms with Crippen LogP contribution in [0.4, 0.5) is 28.9 Å². The number of piperidine rings is 1. The van der Waals surface area contributed by atoms with Gasteiger partial charge in [-0.25, -0.2) is 4.39 Å². The van der Waals surface area contributed by atoms with Gasteiger partial charge in [-0.2, -0.15) is 0 Å². The molecule has 1 aliphatic heterocycles. The minimum absolute atomic E-state index is 0.0284. The van der Waals surface area contributed by atoms with E-state index >= 15 is 0 Å². The number of fused-ring (bicyclic) bond motifs is 1. The molecule has 3 N–H and O–H groups in total. The Kier molecular flexibility index (Phi) is 6.08. The van der Waals surface area contributed by atoms with Gasteiger partial charge in [-0.3, -0.25) is 14.9 Å². The van der Waals surface area contributed by atoms with Gasteiger partial charge in [-0.05, 0) is 59.7 Å². The highest BCUT2D eigenvalue weighted by Crippen LogP contribution is 2.27. The van der Waals surface area contributed by atoms with Crippen molar-refractivity contribution < 1.29 is 31.9 Å². The van der Waals surface area contributed by atoms with Gasteiger partial charge < -0.3 is 15.4 Å². The second-order valence-electron chi connectivity index (χ2n) is 7.58. The van der Waals surface area contributed by atoms with E-state index in [0.717, 1.165) is 34.7 Å². The van der Waals surface area contributed by atoms with Crippen LogP contribution in [0.15, 0.2) is 54.6 Å². The van der Waals surface area contributed by atoms with E-state index in [0.29, 0.717) is 12.1 Å². The summed E-state index contributed by atoms with van der Waals surface area (Å²) in [5, 5.41) is 10.2. The minimum Gasteiger partial charge on any atom is -0.406 e. The number of benzene rings is 3. The van der Waals surface area contributed by atoms with Gasteiger partial charge in [0, 0.05) is 29.9 Å². The second kappa shape index (κ2) is 8.97. The van der Waals surface area contributed by atoms with Crippen LogP contribution in [0.5, 0.6) is 5.75 Å². The summed E-state index contributed by atoms with van der Waals surface area (Å²) in [5.74, 6) is -1.78. The third kappa shape index (κ3) is 5.71. The average molecular weight is 461 g/mol. The number of hydrogen-bond acceptors (Lipinski definition) is 5. The summed E-state index contributed by atoms with van der Waals surface area (Å²) in [7, 11) is 0. The summed E-state index contributed by atoms with van der Waals surface area (Å²) < 4.78 is 55.0. The molecule has 1 heterocycles. The Bertz CT molecular complexity index is 1210. The second-order valence-corrected chi connectivity index (χ2v) is 7.58. The van der Waals surface area contributed by atoms with Crippen molar-refractivity contribution >= 4 is 34.0 Å². The maximum Gasteiger partial charge on any atom is 0.573 e. The van der Waals surface area contributed by atoms with E-state index in [1.165, 1.54) is 0 Å². The molecule has 4 rings (SSSR count). The maximum atomic E-state index is 14.0. The highest BCUT2D eigenvalue weighted by atomic mass is 19.4. The molecule has 33 heavy (non-hydrogen) atoms. The Labute approximate surface area is 185 Å². The lowest BCUT2D eigenvalue weighted by atomic mass is 10.0. The number of anilines is 2. The van der Waals surface area contributed by atoms with Crippen molar-refractivity contribution in [2.24, 2.45) is 0 Å². The third-order valence-electron chi connectivity index (χ3n) is 5.15. The van der Waals surface area contributed by atoms with Crippen LogP contribution in [0.2, 0.25) is 0 Å². The Morgan fingerprint density at radius 3 is 2.36 bits per heavy atom. The van der Waals surface area contributed by atoms with Crippen LogP contribution in [0.3, 0.4) is 0 Å². The van der Waals surface area contributed by atoms with Crippen molar-refractivity contribution in [3.05, 3.63) is 66.0 Å². The Balaban J connectivity index is 1.44. The van der Waals surface area contributed by atoms with Crippen molar-refractivity contribution in [3.8, 4) is 5.75 Å². The number of carbonyl (C=O) groups excluding carboxylic acids is 2. The van der Waals surface area contributed by atoms with E-state index in [1.54, 1.807) is 12.1 Å². The zero-order chi connectivity index (χ0) is 23.6. The summed E-state index contributed by atoms with van der Waals surface area (Å²) in [4.78, 5) is 23.2. The standard InChI is InChI=1S/C23H19F4N3O3/c24-19-6-5-18(33-23(25,26)27)11-15(19)12-28-16-3-1-14-10-17(4-2-13(14)9-16)29-20-7-8-21(31)30-22(20)32/h1-6,9-11,20,28-29H,7-8,12H2,(H,30,31,32)/t20-/m0/s1. The first-order valence-corrected chi connectivity index (χ1v) is 10.1. The molecule has 0 radical (unpaired) electrons. The van der Waals surface area contributed by atoms with Gasteiger partial charge in [0.1, 0.15) is 17.6 Å². The molecule has 1 aliphatic rings. The van der Waals surface area contributed by atoms with Gasteiger partial charge in [0.25, 0.3) is 0 Å². The van der Waals surface area contributed by atoms with Crippen LogP contribution >= 0.6 is 0 Å².